The molecule has 0 unspecified atom stereocenters. The van der Waals surface area contributed by atoms with Crippen molar-refractivity contribution in [2.24, 2.45) is 11.8 Å². The Bertz CT molecular complexity index is 129. The monoisotopic (exact) mass is 176 g/mol. The molecule has 0 nitrogen and oxygen atoms in total. The van der Waals surface area contributed by atoms with Crippen LogP contribution in [-0.4, -0.2) is 5.92 Å². The van der Waals surface area contributed by atoms with Crippen molar-refractivity contribution in [2.45, 2.75) is 51.9 Å². The Morgan fingerprint density at radius 2 is 1.50 bits per heavy atom. The van der Waals surface area contributed by atoms with Crippen molar-refractivity contribution in [2.75, 3.05) is 0 Å². The Labute approximate surface area is 73.3 Å². The zero-order valence-electron chi connectivity index (χ0n) is 7.95. The summed E-state index contributed by atoms with van der Waals surface area (Å²) in [5.74, 6) is -1.85. The molecule has 0 spiro atoms. The number of alkyl halides is 2. The number of hydrogen-bond acceptors (Lipinski definition) is 0. The standard InChI is InChI=1S/C10H18F2/c1-3-8-5-9(4-2)7-10(11,12)6-8/h8-9H,3-7H2,1-2H3/t8-,9+. The van der Waals surface area contributed by atoms with Gasteiger partial charge in [-0.25, -0.2) is 8.78 Å². The van der Waals surface area contributed by atoms with Crippen molar-refractivity contribution in [3.8, 4) is 0 Å². The van der Waals surface area contributed by atoms with Gasteiger partial charge in [0.05, 0.1) is 0 Å². The molecule has 0 bridgehead atoms. The van der Waals surface area contributed by atoms with Crippen LogP contribution in [0.4, 0.5) is 8.78 Å². The van der Waals surface area contributed by atoms with Gasteiger partial charge in [-0.05, 0) is 18.3 Å². The molecule has 0 amide bonds. The van der Waals surface area contributed by atoms with Gasteiger partial charge in [-0.3, -0.25) is 0 Å². The van der Waals surface area contributed by atoms with Crippen LogP contribution in [0.1, 0.15) is 46.0 Å². The van der Waals surface area contributed by atoms with Gasteiger partial charge in [-0.15, -0.1) is 0 Å². The number of hydrogen-bond donors (Lipinski definition) is 0. The van der Waals surface area contributed by atoms with Crippen LogP contribution in [0.25, 0.3) is 0 Å². The number of rotatable bonds is 2. The fourth-order valence-electron chi connectivity index (χ4n) is 2.19. The first kappa shape index (κ1) is 9.94. The lowest BCUT2D eigenvalue weighted by Gasteiger charge is -2.33. The van der Waals surface area contributed by atoms with Crippen LogP contribution in [0, 0.1) is 11.8 Å². The normalized spacial score (nSPS) is 35.0. The lowest BCUT2D eigenvalue weighted by molar-refractivity contribution is -0.0731. The van der Waals surface area contributed by atoms with E-state index in [1.54, 1.807) is 0 Å². The highest BCUT2D eigenvalue weighted by Crippen LogP contribution is 2.42. The molecule has 0 heterocycles. The molecular weight excluding hydrogens is 158 g/mol. The summed E-state index contributed by atoms with van der Waals surface area (Å²) >= 11 is 0. The Morgan fingerprint density at radius 1 is 1.08 bits per heavy atom. The van der Waals surface area contributed by atoms with Gasteiger partial charge in [0.15, 0.2) is 0 Å². The minimum atomic E-state index is -2.38. The van der Waals surface area contributed by atoms with E-state index in [-0.39, 0.29) is 24.7 Å². The molecule has 1 rings (SSSR count). The molecule has 0 saturated heterocycles. The van der Waals surface area contributed by atoms with E-state index < -0.39 is 5.92 Å². The van der Waals surface area contributed by atoms with E-state index in [4.69, 9.17) is 0 Å². The van der Waals surface area contributed by atoms with Crippen LogP contribution in [0.15, 0.2) is 0 Å². The summed E-state index contributed by atoms with van der Waals surface area (Å²) < 4.78 is 26.2. The molecule has 2 heteroatoms. The van der Waals surface area contributed by atoms with Crippen molar-refractivity contribution in [1.82, 2.24) is 0 Å². The van der Waals surface area contributed by atoms with Crippen molar-refractivity contribution in [1.29, 1.82) is 0 Å². The molecule has 0 N–H and O–H groups in total. The zero-order chi connectivity index (χ0) is 9.19. The SMILES string of the molecule is CC[C@@H]1C[C@H](CC)CC(F)(F)C1. The molecule has 0 radical (unpaired) electrons. The molecule has 2 atom stereocenters. The lowest BCUT2D eigenvalue weighted by atomic mass is 9.77. The zero-order valence-corrected chi connectivity index (χ0v) is 7.95. The molecule has 1 saturated carbocycles. The van der Waals surface area contributed by atoms with Gasteiger partial charge in [0, 0.05) is 12.8 Å². The van der Waals surface area contributed by atoms with Gasteiger partial charge < -0.3 is 0 Å². The largest absolute Gasteiger partial charge is 0.248 e. The van der Waals surface area contributed by atoms with Crippen molar-refractivity contribution in [3.63, 3.8) is 0 Å². The second kappa shape index (κ2) is 3.71. The Morgan fingerprint density at radius 3 is 1.83 bits per heavy atom. The summed E-state index contributed by atoms with van der Waals surface area (Å²) in [7, 11) is 0. The predicted molar refractivity (Wildman–Crippen MR) is 46.4 cm³/mol. The molecule has 0 aromatic carbocycles. The third-order valence-electron chi connectivity index (χ3n) is 3.00. The predicted octanol–water partition coefficient (Wildman–Crippen LogP) is 3.86. The summed E-state index contributed by atoms with van der Waals surface area (Å²) in [6.45, 7) is 4.03. The fourth-order valence-corrected chi connectivity index (χ4v) is 2.19. The highest BCUT2D eigenvalue weighted by atomic mass is 19.3. The summed E-state index contributed by atoms with van der Waals surface area (Å²) in [6, 6.07) is 0. The molecule has 1 aliphatic rings. The van der Waals surface area contributed by atoms with E-state index in [9.17, 15) is 8.78 Å². The van der Waals surface area contributed by atoms with E-state index in [0.29, 0.717) is 0 Å². The highest BCUT2D eigenvalue weighted by Gasteiger charge is 2.39. The van der Waals surface area contributed by atoms with Crippen LogP contribution in [0.2, 0.25) is 0 Å². The first-order chi connectivity index (χ1) is 5.57. The lowest BCUT2D eigenvalue weighted by Crippen LogP contribution is -2.31. The molecular formula is C10H18F2. The molecule has 12 heavy (non-hydrogen) atoms. The average Bonchev–Trinajstić information content (AvgIpc) is 2.01. The van der Waals surface area contributed by atoms with Gasteiger partial charge >= 0.3 is 0 Å². The van der Waals surface area contributed by atoms with Crippen LogP contribution >= 0.6 is 0 Å². The minimum Gasteiger partial charge on any atom is -0.207 e. The van der Waals surface area contributed by atoms with Crippen LogP contribution in [0.3, 0.4) is 0 Å². The van der Waals surface area contributed by atoms with Gasteiger partial charge in [0.25, 0.3) is 0 Å². The summed E-state index contributed by atoms with van der Waals surface area (Å²) in [4.78, 5) is 0. The van der Waals surface area contributed by atoms with E-state index in [1.165, 1.54) is 0 Å². The van der Waals surface area contributed by atoms with Gasteiger partial charge in [0.2, 0.25) is 5.92 Å². The van der Waals surface area contributed by atoms with Crippen molar-refractivity contribution >= 4 is 0 Å². The van der Waals surface area contributed by atoms with E-state index in [0.717, 1.165) is 19.3 Å². The Kier molecular flexibility index (Phi) is 3.08. The smallest absolute Gasteiger partial charge is 0.207 e. The van der Waals surface area contributed by atoms with Gasteiger partial charge in [0.1, 0.15) is 0 Å². The first-order valence-electron chi connectivity index (χ1n) is 4.95. The maximum Gasteiger partial charge on any atom is 0.248 e. The van der Waals surface area contributed by atoms with Gasteiger partial charge in [-0.1, -0.05) is 26.7 Å². The third-order valence-corrected chi connectivity index (χ3v) is 3.00. The third kappa shape index (κ3) is 2.43. The Balaban J connectivity index is 2.53. The second-order valence-corrected chi connectivity index (χ2v) is 4.05. The molecule has 0 aromatic rings. The topological polar surface area (TPSA) is 0 Å². The molecule has 72 valence electrons. The summed E-state index contributed by atoms with van der Waals surface area (Å²) in [5.41, 5.74) is 0. The van der Waals surface area contributed by atoms with E-state index in [2.05, 4.69) is 0 Å². The second-order valence-electron chi connectivity index (χ2n) is 4.05. The highest BCUT2D eigenvalue weighted by molar-refractivity contribution is 4.82. The van der Waals surface area contributed by atoms with Gasteiger partial charge in [-0.2, -0.15) is 0 Å². The first-order valence-corrected chi connectivity index (χ1v) is 4.95. The molecule has 1 aliphatic carbocycles. The number of halogens is 2. The van der Waals surface area contributed by atoms with Crippen LogP contribution in [0.5, 0.6) is 0 Å². The molecule has 0 aliphatic heterocycles. The summed E-state index contributed by atoms with van der Waals surface area (Å²) in [5, 5.41) is 0. The fraction of sp³-hybridized carbons (Fsp3) is 1.00. The van der Waals surface area contributed by atoms with E-state index >= 15 is 0 Å². The Hall–Kier alpha value is -0.140. The quantitative estimate of drug-likeness (QED) is 0.599. The van der Waals surface area contributed by atoms with Crippen molar-refractivity contribution < 1.29 is 8.78 Å². The summed E-state index contributed by atoms with van der Waals surface area (Å²) in [6.07, 6.45) is 3.08. The molecule has 0 aromatic heterocycles. The van der Waals surface area contributed by atoms with Crippen molar-refractivity contribution in [3.05, 3.63) is 0 Å². The molecule has 1 fully saturated rings. The van der Waals surface area contributed by atoms with Crippen LogP contribution in [-0.2, 0) is 0 Å². The maximum atomic E-state index is 13.1. The maximum absolute atomic E-state index is 13.1. The van der Waals surface area contributed by atoms with E-state index in [1.807, 2.05) is 13.8 Å². The minimum absolute atomic E-state index is 0.125. The van der Waals surface area contributed by atoms with Crippen LogP contribution < -0.4 is 0 Å². The average molecular weight is 176 g/mol.